The van der Waals surface area contributed by atoms with Gasteiger partial charge in [0.25, 0.3) is 5.91 Å². The minimum Gasteiger partial charge on any atom is -0.475 e. The minimum atomic E-state index is -0.712. The van der Waals surface area contributed by atoms with Crippen LogP contribution in [0.25, 0.3) is 0 Å². The van der Waals surface area contributed by atoms with Gasteiger partial charge in [-0.2, -0.15) is 5.10 Å². The Balaban J connectivity index is 1.80. The molecule has 27 heavy (non-hydrogen) atoms. The lowest BCUT2D eigenvalue weighted by molar-refractivity contribution is -0.386. The van der Waals surface area contributed by atoms with Crippen molar-refractivity contribution in [3.8, 4) is 5.88 Å². The largest absolute Gasteiger partial charge is 0.475 e. The molecule has 0 radical (unpaired) electrons. The van der Waals surface area contributed by atoms with Crippen LogP contribution in [-0.2, 0) is 6.54 Å². The average molecular weight is 370 g/mol. The third-order valence-corrected chi connectivity index (χ3v) is 3.93. The van der Waals surface area contributed by atoms with Crippen LogP contribution >= 0.6 is 0 Å². The van der Waals surface area contributed by atoms with Crippen molar-refractivity contribution in [1.29, 1.82) is 0 Å². The molecular weight excluding hydrogens is 352 g/mol. The van der Waals surface area contributed by atoms with Gasteiger partial charge in [-0.05, 0) is 37.6 Å². The summed E-state index contributed by atoms with van der Waals surface area (Å²) in [7, 11) is 1.24. The van der Waals surface area contributed by atoms with Crippen molar-refractivity contribution in [1.82, 2.24) is 20.0 Å². The highest BCUT2D eigenvalue weighted by molar-refractivity contribution is 6.06. The van der Waals surface area contributed by atoms with Crippen molar-refractivity contribution >= 4 is 17.3 Å². The number of aromatic nitrogens is 4. The first-order valence-electron chi connectivity index (χ1n) is 8.07. The number of nitrogens with zero attached hydrogens (tertiary/aromatic N) is 4. The number of carbonyl (C=O) groups excluding carboxylic acids is 1. The summed E-state index contributed by atoms with van der Waals surface area (Å²) < 4.78 is 6.67. The van der Waals surface area contributed by atoms with E-state index in [2.05, 4.69) is 20.6 Å². The molecule has 3 rings (SSSR count). The van der Waals surface area contributed by atoms with Crippen molar-refractivity contribution < 1.29 is 14.5 Å². The van der Waals surface area contributed by atoms with Crippen molar-refractivity contribution in [2.45, 2.75) is 20.4 Å². The zero-order chi connectivity index (χ0) is 19.6. The lowest BCUT2D eigenvalue weighted by Crippen LogP contribution is -2.14. The lowest BCUT2D eigenvalue weighted by Gasteiger charge is -2.08. The van der Waals surface area contributed by atoms with E-state index >= 15 is 0 Å². The maximum Gasteiger partial charge on any atom is 0.362 e. The highest BCUT2D eigenvalue weighted by Crippen LogP contribution is 2.28. The van der Waals surface area contributed by atoms with E-state index in [0.29, 0.717) is 12.2 Å². The summed E-state index contributed by atoms with van der Waals surface area (Å²) >= 11 is 0. The summed E-state index contributed by atoms with van der Waals surface area (Å²) in [5.74, 6) is -0.927. The smallest absolute Gasteiger partial charge is 0.362 e. The van der Waals surface area contributed by atoms with Crippen LogP contribution in [0.3, 0.4) is 0 Å². The van der Waals surface area contributed by atoms with E-state index in [1.165, 1.54) is 7.11 Å². The van der Waals surface area contributed by atoms with Gasteiger partial charge in [-0.25, -0.2) is 0 Å². The molecule has 0 aliphatic carbocycles. The van der Waals surface area contributed by atoms with Gasteiger partial charge >= 0.3 is 11.6 Å². The number of H-pyrrole nitrogens is 1. The van der Waals surface area contributed by atoms with Gasteiger partial charge in [-0.15, -0.1) is 5.10 Å². The number of aryl methyl sites for hydroxylation is 2. The van der Waals surface area contributed by atoms with E-state index < -0.39 is 16.5 Å². The molecule has 140 valence electrons. The standard InChI is InChI=1S/C17H18N6O4/c1-10-7-11(2)22(21-10)9-12-5-4-6-13(8-12)18-16(24)14-15(23(25)26)17(27-3)20-19-14/h4-8H,9H2,1-3H3,(H,18,24)(H,19,20). The molecule has 0 aliphatic rings. The van der Waals surface area contributed by atoms with Gasteiger partial charge in [0.1, 0.15) is 0 Å². The van der Waals surface area contributed by atoms with Crippen molar-refractivity contribution in [2.75, 3.05) is 12.4 Å². The molecule has 0 saturated carbocycles. The third-order valence-electron chi connectivity index (χ3n) is 3.93. The van der Waals surface area contributed by atoms with E-state index in [-0.39, 0.29) is 11.6 Å². The van der Waals surface area contributed by atoms with E-state index in [1.54, 1.807) is 18.2 Å². The number of nitrogens with one attached hydrogen (secondary N) is 2. The molecule has 0 unspecified atom stereocenters. The number of benzene rings is 1. The van der Waals surface area contributed by atoms with Crippen LogP contribution < -0.4 is 10.1 Å². The highest BCUT2D eigenvalue weighted by Gasteiger charge is 2.30. The number of anilines is 1. The molecule has 2 aromatic heterocycles. The van der Waals surface area contributed by atoms with Gasteiger partial charge in [-0.1, -0.05) is 12.1 Å². The number of aromatic amines is 1. The summed E-state index contributed by atoms with van der Waals surface area (Å²) in [5, 5.41) is 24.2. The van der Waals surface area contributed by atoms with Gasteiger partial charge in [0.2, 0.25) is 5.69 Å². The van der Waals surface area contributed by atoms with Crippen molar-refractivity contribution in [2.24, 2.45) is 0 Å². The van der Waals surface area contributed by atoms with Crippen LogP contribution in [0.15, 0.2) is 30.3 Å². The SMILES string of the molecule is COc1n[nH]c(C(=O)Nc2cccc(Cn3nc(C)cc3C)c2)c1[N+](=O)[O-]. The van der Waals surface area contributed by atoms with Gasteiger partial charge in [0, 0.05) is 11.4 Å². The van der Waals surface area contributed by atoms with Gasteiger partial charge in [-0.3, -0.25) is 24.7 Å². The molecule has 10 nitrogen and oxygen atoms in total. The predicted octanol–water partition coefficient (Wildman–Crippen LogP) is 2.44. The molecule has 10 heteroatoms. The van der Waals surface area contributed by atoms with E-state index in [9.17, 15) is 14.9 Å². The Labute approximate surface area is 154 Å². The first-order valence-corrected chi connectivity index (χ1v) is 8.07. The molecule has 1 aromatic carbocycles. The van der Waals surface area contributed by atoms with Gasteiger partial charge < -0.3 is 10.1 Å². The Morgan fingerprint density at radius 2 is 2.15 bits per heavy atom. The Hall–Kier alpha value is -3.69. The quantitative estimate of drug-likeness (QED) is 0.507. The number of methoxy groups -OCH3 is 1. The van der Waals surface area contributed by atoms with Gasteiger partial charge in [0.15, 0.2) is 0 Å². The molecule has 2 heterocycles. The van der Waals surface area contributed by atoms with E-state index in [0.717, 1.165) is 17.0 Å². The molecule has 2 N–H and O–H groups in total. The van der Waals surface area contributed by atoms with Crippen LogP contribution in [-0.4, -0.2) is 37.9 Å². The molecule has 0 aliphatic heterocycles. The Kier molecular flexibility index (Phi) is 4.88. The molecular formula is C17H18N6O4. The van der Waals surface area contributed by atoms with Crippen molar-refractivity contribution in [3.63, 3.8) is 0 Å². The van der Waals surface area contributed by atoms with Crippen LogP contribution in [0.1, 0.15) is 27.4 Å². The van der Waals surface area contributed by atoms with E-state index in [1.807, 2.05) is 30.7 Å². The molecule has 1 amide bonds. The molecule has 0 spiro atoms. The number of amides is 1. The second kappa shape index (κ2) is 7.28. The lowest BCUT2D eigenvalue weighted by atomic mass is 10.2. The van der Waals surface area contributed by atoms with Crippen LogP contribution in [0.2, 0.25) is 0 Å². The average Bonchev–Trinajstić information content (AvgIpc) is 3.18. The summed E-state index contributed by atoms with van der Waals surface area (Å²) in [6, 6.07) is 9.17. The first-order chi connectivity index (χ1) is 12.9. The molecule has 3 aromatic rings. The summed E-state index contributed by atoms with van der Waals surface area (Å²) in [5.41, 5.74) is 2.60. The molecule has 0 bridgehead atoms. The zero-order valence-corrected chi connectivity index (χ0v) is 15.0. The maximum absolute atomic E-state index is 12.4. The normalized spacial score (nSPS) is 10.6. The minimum absolute atomic E-state index is 0.247. The molecule has 0 fully saturated rings. The number of hydrogen-bond acceptors (Lipinski definition) is 6. The molecule has 0 saturated heterocycles. The number of hydrogen-bond donors (Lipinski definition) is 2. The van der Waals surface area contributed by atoms with Crippen LogP contribution in [0.5, 0.6) is 5.88 Å². The third kappa shape index (κ3) is 3.78. The summed E-state index contributed by atoms with van der Waals surface area (Å²) in [6.45, 7) is 4.43. The zero-order valence-electron chi connectivity index (χ0n) is 15.0. The monoisotopic (exact) mass is 370 g/mol. The van der Waals surface area contributed by atoms with Crippen LogP contribution in [0, 0.1) is 24.0 Å². The second-order valence-corrected chi connectivity index (χ2v) is 5.95. The topological polar surface area (TPSA) is 128 Å². The Morgan fingerprint density at radius 3 is 2.78 bits per heavy atom. The van der Waals surface area contributed by atoms with E-state index in [4.69, 9.17) is 4.74 Å². The maximum atomic E-state index is 12.4. The summed E-state index contributed by atoms with van der Waals surface area (Å²) in [6.07, 6.45) is 0. The van der Waals surface area contributed by atoms with Crippen molar-refractivity contribution in [3.05, 3.63) is 63.1 Å². The number of ether oxygens (including phenoxy) is 1. The summed E-state index contributed by atoms with van der Waals surface area (Å²) in [4.78, 5) is 22.9. The number of carbonyl (C=O) groups is 1. The fourth-order valence-electron chi connectivity index (χ4n) is 2.74. The number of nitro groups is 1. The first kappa shape index (κ1) is 18.1. The van der Waals surface area contributed by atoms with Crippen LogP contribution in [0.4, 0.5) is 11.4 Å². The van der Waals surface area contributed by atoms with Gasteiger partial charge in [0.05, 0.1) is 24.3 Å². The second-order valence-electron chi connectivity index (χ2n) is 5.95. The Morgan fingerprint density at radius 1 is 1.37 bits per heavy atom. The highest BCUT2D eigenvalue weighted by atomic mass is 16.6. The fourth-order valence-corrected chi connectivity index (χ4v) is 2.74. The predicted molar refractivity (Wildman–Crippen MR) is 97.0 cm³/mol. The molecule has 0 atom stereocenters. The Bertz CT molecular complexity index is 1010. The number of rotatable bonds is 6. The fraction of sp³-hybridized carbons (Fsp3) is 0.235.